The quantitative estimate of drug-likeness (QED) is 0.585. The molecule has 0 atom stereocenters. The van der Waals surface area contributed by atoms with E-state index in [1.54, 1.807) is 24.3 Å². The SMILES string of the molecule is C=CC(=O)Nc1cccc([N+](C)=O)c1. The van der Waals surface area contributed by atoms with Gasteiger partial charge in [-0.05, 0) is 12.1 Å². The lowest BCUT2D eigenvalue weighted by atomic mass is 10.2. The van der Waals surface area contributed by atoms with Gasteiger partial charge in [0.2, 0.25) is 5.91 Å². The summed E-state index contributed by atoms with van der Waals surface area (Å²) in [6, 6.07) is 6.65. The number of hydrogen-bond donors (Lipinski definition) is 1. The molecule has 1 rings (SSSR count). The van der Waals surface area contributed by atoms with Gasteiger partial charge in [0.1, 0.15) is 0 Å². The molecule has 0 aliphatic carbocycles. The first kappa shape index (κ1) is 10.1. The third-order valence-corrected chi connectivity index (χ3v) is 1.66. The van der Waals surface area contributed by atoms with Crippen LogP contribution in [0, 0.1) is 4.91 Å². The van der Waals surface area contributed by atoms with E-state index in [0.29, 0.717) is 11.4 Å². The highest BCUT2D eigenvalue weighted by molar-refractivity contribution is 5.99. The number of carbonyl (C=O) groups excluding carboxylic acids is 1. The third kappa shape index (κ3) is 2.52. The minimum atomic E-state index is -0.296. The van der Waals surface area contributed by atoms with E-state index < -0.39 is 0 Å². The minimum absolute atomic E-state index is 0.296. The van der Waals surface area contributed by atoms with Crippen LogP contribution < -0.4 is 5.32 Å². The number of rotatable bonds is 3. The van der Waals surface area contributed by atoms with Crippen LogP contribution in [0.4, 0.5) is 11.4 Å². The zero-order valence-electron chi connectivity index (χ0n) is 7.86. The Labute approximate surface area is 81.8 Å². The lowest BCUT2D eigenvalue weighted by Gasteiger charge is -2.00. The molecule has 0 heterocycles. The predicted octanol–water partition coefficient (Wildman–Crippen LogP) is 1.85. The monoisotopic (exact) mass is 191 g/mol. The molecule has 0 saturated heterocycles. The number of carbonyl (C=O) groups is 1. The number of amides is 1. The summed E-state index contributed by atoms with van der Waals surface area (Å²) in [5, 5.41) is 2.56. The molecule has 0 spiro atoms. The molecular formula is C10H11N2O2+. The van der Waals surface area contributed by atoms with Gasteiger partial charge < -0.3 is 5.32 Å². The smallest absolute Gasteiger partial charge is 0.257 e. The Morgan fingerprint density at radius 1 is 1.57 bits per heavy atom. The first-order valence-electron chi connectivity index (χ1n) is 4.08. The number of nitroso groups, excluding NO2 is 1. The van der Waals surface area contributed by atoms with Gasteiger partial charge in [-0.1, -0.05) is 12.6 Å². The summed E-state index contributed by atoms with van der Waals surface area (Å²) in [5.74, 6) is -0.296. The van der Waals surface area contributed by atoms with Crippen LogP contribution in [0.5, 0.6) is 0 Å². The number of benzene rings is 1. The van der Waals surface area contributed by atoms with Gasteiger partial charge in [-0.15, -0.1) is 0 Å². The van der Waals surface area contributed by atoms with E-state index in [9.17, 15) is 9.70 Å². The Hall–Kier alpha value is -1.97. The van der Waals surface area contributed by atoms with Crippen LogP contribution in [0.3, 0.4) is 0 Å². The highest BCUT2D eigenvalue weighted by atomic mass is 16.3. The highest BCUT2D eigenvalue weighted by Gasteiger charge is 2.07. The van der Waals surface area contributed by atoms with E-state index in [4.69, 9.17) is 0 Å². The summed E-state index contributed by atoms with van der Waals surface area (Å²) in [4.78, 5) is 21.9. The predicted molar refractivity (Wildman–Crippen MR) is 54.5 cm³/mol. The summed E-state index contributed by atoms with van der Waals surface area (Å²) in [5.41, 5.74) is 1.07. The van der Waals surface area contributed by atoms with E-state index in [2.05, 4.69) is 11.9 Å². The van der Waals surface area contributed by atoms with E-state index >= 15 is 0 Å². The molecule has 0 aromatic heterocycles. The van der Waals surface area contributed by atoms with E-state index in [0.717, 1.165) is 4.76 Å². The van der Waals surface area contributed by atoms with Gasteiger partial charge in [-0.3, -0.25) is 4.79 Å². The first-order valence-corrected chi connectivity index (χ1v) is 4.08. The van der Waals surface area contributed by atoms with Crippen LogP contribution in [-0.4, -0.2) is 17.7 Å². The second-order valence-electron chi connectivity index (χ2n) is 2.74. The molecule has 14 heavy (non-hydrogen) atoms. The third-order valence-electron chi connectivity index (χ3n) is 1.66. The molecule has 0 saturated carbocycles. The van der Waals surface area contributed by atoms with Crippen molar-refractivity contribution in [3.8, 4) is 0 Å². The Morgan fingerprint density at radius 3 is 2.86 bits per heavy atom. The summed E-state index contributed by atoms with van der Waals surface area (Å²) in [6.07, 6.45) is 1.17. The normalized spacial score (nSPS) is 9.21. The standard InChI is InChI=1S/C10H10N2O2/c1-3-10(13)11-8-5-4-6-9(7-8)12(2)14/h3-7H,1H2,2H3/p+1. The molecule has 0 bridgehead atoms. The summed E-state index contributed by atoms with van der Waals surface area (Å²) in [7, 11) is 1.40. The molecule has 0 aliphatic rings. The fourth-order valence-electron chi connectivity index (χ4n) is 0.973. The molecule has 0 radical (unpaired) electrons. The number of nitrogens with one attached hydrogen (secondary N) is 1. The molecule has 1 amide bonds. The summed E-state index contributed by atoms with van der Waals surface area (Å²) >= 11 is 0. The molecule has 72 valence electrons. The number of anilines is 1. The van der Waals surface area contributed by atoms with Gasteiger partial charge >= 0.3 is 0 Å². The van der Waals surface area contributed by atoms with Crippen LogP contribution in [0.25, 0.3) is 0 Å². The molecule has 1 N–H and O–H groups in total. The topological polar surface area (TPSA) is 49.2 Å². The molecule has 1 aromatic rings. The number of hydrogen-bond acceptors (Lipinski definition) is 2. The fraction of sp³-hybridized carbons (Fsp3) is 0.100. The number of nitrogens with zero attached hydrogens (tertiary/aromatic N) is 1. The molecule has 1 aromatic carbocycles. The molecule has 0 aliphatic heterocycles. The fourth-order valence-corrected chi connectivity index (χ4v) is 0.973. The van der Waals surface area contributed by atoms with Crippen LogP contribution in [0.15, 0.2) is 36.9 Å². The maximum atomic E-state index is 10.9. The zero-order chi connectivity index (χ0) is 10.6. The maximum Gasteiger partial charge on any atom is 0.257 e. The Balaban J connectivity index is 2.88. The van der Waals surface area contributed by atoms with Crippen molar-refractivity contribution in [1.82, 2.24) is 0 Å². The first-order chi connectivity index (χ1) is 6.63. The van der Waals surface area contributed by atoms with Crippen molar-refractivity contribution in [3.05, 3.63) is 41.8 Å². The van der Waals surface area contributed by atoms with Crippen LogP contribution >= 0.6 is 0 Å². The van der Waals surface area contributed by atoms with Crippen molar-refractivity contribution in [1.29, 1.82) is 0 Å². The molecular weight excluding hydrogens is 180 g/mol. The van der Waals surface area contributed by atoms with Gasteiger partial charge in [0.15, 0.2) is 7.05 Å². The average Bonchev–Trinajstić information content (AvgIpc) is 2.18. The van der Waals surface area contributed by atoms with Crippen LogP contribution in [0.1, 0.15) is 0 Å². The van der Waals surface area contributed by atoms with Gasteiger partial charge in [0, 0.05) is 27.5 Å². The minimum Gasteiger partial charge on any atom is -0.322 e. The largest absolute Gasteiger partial charge is 0.322 e. The summed E-state index contributed by atoms with van der Waals surface area (Å²) < 4.78 is 0.726. The van der Waals surface area contributed by atoms with Gasteiger partial charge in [0.05, 0.1) is 0 Å². The van der Waals surface area contributed by atoms with Crippen molar-refractivity contribution < 1.29 is 9.55 Å². The second kappa shape index (κ2) is 4.32. The molecule has 0 unspecified atom stereocenters. The van der Waals surface area contributed by atoms with E-state index in [1.165, 1.54) is 13.1 Å². The van der Waals surface area contributed by atoms with Gasteiger partial charge in [-0.2, -0.15) is 0 Å². The Morgan fingerprint density at radius 2 is 2.29 bits per heavy atom. The molecule has 0 fully saturated rings. The summed E-state index contributed by atoms with van der Waals surface area (Å²) in [6.45, 7) is 3.33. The van der Waals surface area contributed by atoms with Crippen molar-refractivity contribution in [2.45, 2.75) is 0 Å². The zero-order valence-corrected chi connectivity index (χ0v) is 7.86. The van der Waals surface area contributed by atoms with E-state index in [1.807, 2.05) is 0 Å². The van der Waals surface area contributed by atoms with Crippen molar-refractivity contribution >= 4 is 17.3 Å². The molecule has 4 heteroatoms. The lowest BCUT2D eigenvalue weighted by Crippen LogP contribution is -2.07. The highest BCUT2D eigenvalue weighted by Crippen LogP contribution is 2.16. The van der Waals surface area contributed by atoms with Gasteiger partial charge in [0.25, 0.3) is 5.69 Å². The van der Waals surface area contributed by atoms with Crippen LogP contribution in [0.2, 0.25) is 0 Å². The average molecular weight is 191 g/mol. The van der Waals surface area contributed by atoms with Crippen LogP contribution in [-0.2, 0) is 4.79 Å². The molecule has 4 nitrogen and oxygen atoms in total. The Kier molecular flexibility index (Phi) is 3.12. The van der Waals surface area contributed by atoms with E-state index in [-0.39, 0.29) is 5.91 Å². The second-order valence-corrected chi connectivity index (χ2v) is 2.74. The maximum absolute atomic E-state index is 10.9. The Bertz CT molecular complexity index is 385. The lowest BCUT2D eigenvalue weighted by molar-refractivity contribution is -0.428. The van der Waals surface area contributed by atoms with Crippen molar-refractivity contribution in [2.24, 2.45) is 0 Å². The van der Waals surface area contributed by atoms with Crippen molar-refractivity contribution in [3.63, 3.8) is 0 Å². The van der Waals surface area contributed by atoms with Gasteiger partial charge in [-0.25, -0.2) is 0 Å². The van der Waals surface area contributed by atoms with Crippen molar-refractivity contribution in [2.75, 3.05) is 12.4 Å².